The van der Waals surface area contributed by atoms with Crippen LogP contribution < -0.4 is 9.80 Å². The molecule has 0 bridgehead atoms. The minimum absolute atomic E-state index is 0.102. The minimum Gasteiger partial charge on any atom is -0.309 e. The fourth-order valence-corrected chi connectivity index (χ4v) is 13.7. The summed E-state index contributed by atoms with van der Waals surface area (Å²) in [6.07, 6.45) is -0.328. The first-order valence-electron chi connectivity index (χ1n) is 30.3. The van der Waals surface area contributed by atoms with E-state index in [0.717, 1.165) is 131 Å². The van der Waals surface area contributed by atoms with E-state index >= 15 is 26.3 Å². The number of rotatable bonds is 12. The number of nitrogens with zero attached hydrogens (tertiary/aromatic N) is 2. The summed E-state index contributed by atoms with van der Waals surface area (Å²) in [5, 5.41) is 3.79. The molecule has 0 N–H and O–H groups in total. The van der Waals surface area contributed by atoms with E-state index in [4.69, 9.17) is 0 Å². The second kappa shape index (κ2) is 22.6. The van der Waals surface area contributed by atoms with Gasteiger partial charge in [-0.15, -0.1) is 0 Å². The maximum atomic E-state index is 15.7. The van der Waals surface area contributed by atoms with Gasteiger partial charge in [-0.2, -0.15) is 26.3 Å². The summed E-state index contributed by atoms with van der Waals surface area (Å²) in [6.45, 7) is 17.7. The van der Waals surface area contributed by atoms with Crippen LogP contribution in [0.2, 0.25) is 0 Å². The number of anilines is 6. The summed E-state index contributed by atoms with van der Waals surface area (Å²) >= 11 is 0. The molecule has 84 heavy (non-hydrogen) atoms. The number of hydrogen-bond donors (Lipinski definition) is 0. The molecule has 0 unspecified atom stereocenters. The van der Waals surface area contributed by atoms with E-state index < -0.39 is 28.9 Å². The number of alkyl halides is 6. The van der Waals surface area contributed by atoms with Gasteiger partial charge in [-0.1, -0.05) is 227 Å². The molecule has 11 rings (SSSR count). The molecular weight excluding hydrogens is 1050 g/mol. The molecule has 0 aromatic heterocycles. The van der Waals surface area contributed by atoms with Gasteiger partial charge in [0.05, 0.1) is 11.4 Å². The van der Waals surface area contributed by atoms with Crippen LogP contribution in [0, 0.1) is 0 Å². The van der Waals surface area contributed by atoms with Crippen molar-refractivity contribution in [3.05, 3.63) is 239 Å². The van der Waals surface area contributed by atoms with Gasteiger partial charge in [0, 0.05) is 49.7 Å². The van der Waals surface area contributed by atoms with Crippen LogP contribution >= 0.6 is 0 Å². The van der Waals surface area contributed by atoms with Crippen LogP contribution in [0.25, 0.3) is 21.5 Å². The van der Waals surface area contributed by atoms with Crippen LogP contribution in [0.3, 0.4) is 0 Å². The van der Waals surface area contributed by atoms with E-state index in [-0.39, 0.29) is 16.2 Å². The third kappa shape index (κ3) is 10.9. The summed E-state index contributed by atoms with van der Waals surface area (Å²) in [5.74, 6) is 0.642. The monoisotopic (exact) mass is 1130 g/mol. The van der Waals surface area contributed by atoms with E-state index in [1.807, 2.05) is 18.2 Å². The molecule has 9 aromatic carbocycles. The van der Waals surface area contributed by atoms with Crippen LogP contribution in [0.4, 0.5) is 60.5 Å². The Morgan fingerprint density at radius 2 is 0.607 bits per heavy atom. The maximum Gasteiger partial charge on any atom is 0.411 e. The Balaban J connectivity index is 1.24. The normalized spacial score (nSPS) is 15.4. The lowest BCUT2D eigenvalue weighted by Crippen LogP contribution is -2.54. The number of benzene rings is 9. The topological polar surface area (TPSA) is 6.48 Å². The molecule has 2 nitrogen and oxygen atoms in total. The predicted octanol–water partition coefficient (Wildman–Crippen LogP) is 23.4. The average molecular weight is 1130 g/mol. The first kappa shape index (κ1) is 58.5. The van der Waals surface area contributed by atoms with E-state index in [1.54, 1.807) is 0 Å². The van der Waals surface area contributed by atoms with Crippen molar-refractivity contribution in [2.45, 2.75) is 165 Å². The molecule has 0 heterocycles. The Morgan fingerprint density at radius 3 is 0.940 bits per heavy atom. The lowest BCUT2D eigenvalue weighted by atomic mass is 9.73. The number of fused-ring (bicyclic) bond motifs is 2. The Bertz CT molecular complexity index is 3710. The fourth-order valence-electron chi connectivity index (χ4n) is 13.7. The van der Waals surface area contributed by atoms with Crippen molar-refractivity contribution in [1.82, 2.24) is 0 Å². The van der Waals surface area contributed by atoms with Gasteiger partial charge in [0.25, 0.3) is 0 Å². The molecule has 2 aliphatic rings. The smallest absolute Gasteiger partial charge is 0.309 e. The summed E-state index contributed by atoms with van der Waals surface area (Å²) in [5.41, 5.74) is 5.33. The summed E-state index contributed by atoms with van der Waals surface area (Å²) < 4.78 is 94.2. The molecule has 9 aromatic rings. The van der Waals surface area contributed by atoms with Crippen molar-refractivity contribution in [2.75, 3.05) is 9.80 Å². The van der Waals surface area contributed by atoms with Crippen LogP contribution in [-0.4, -0.2) is 12.4 Å². The van der Waals surface area contributed by atoms with Crippen molar-refractivity contribution in [3.63, 3.8) is 0 Å². The van der Waals surface area contributed by atoms with Gasteiger partial charge in [-0.05, 0) is 154 Å². The third-order valence-corrected chi connectivity index (χ3v) is 18.6. The van der Waals surface area contributed by atoms with Crippen molar-refractivity contribution in [3.8, 4) is 0 Å². The SMILES string of the molecule is CC(C)(C)c1ccc(N(c2ccc(C(C)(C)c3ccccc3)cc2)c2c3ccc(C4CCCCC4)cc3c(N(c3ccc(C(C)(C)C)cc3)c3ccc(C(c4ccccc4)(C(F)(F)F)C(F)(F)F)cc3)c3ccc(C4CCCCC4)cc23)cc1. The summed E-state index contributed by atoms with van der Waals surface area (Å²) in [6, 6.07) is 61.4. The van der Waals surface area contributed by atoms with Gasteiger partial charge >= 0.3 is 12.4 Å². The van der Waals surface area contributed by atoms with E-state index in [9.17, 15) is 0 Å². The molecular formula is C76H78F6N2. The van der Waals surface area contributed by atoms with Gasteiger partial charge < -0.3 is 9.80 Å². The fraction of sp³-hybridized carbons (Fsp3) is 0.342. The van der Waals surface area contributed by atoms with Crippen LogP contribution in [0.5, 0.6) is 0 Å². The average Bonchev–Trinajstić information content (AvgIpc) is 2.37. The first-order valence-corrected chi connectivity index (χ1v) is 30.3. The lowest BCUT2D eigenvalue weighted by Gasteiger charge is -2.38. The van der Waals surface area contributed by atoms with E-state index in [2.05, 4.69) is 187 Å². The van der Waals surface area contributed by atoms with Crippen LogP contribution in [0.15, 0.2) is 194 Å². The molecule has 8 heteroatoms. The molecule has 0 spiro atoms. The molecule has 434 valence electrons. The lowest BCUT2D eigenvalue weighted by molar-refractivity contribution is -0.288. The van der Waals surface area contributed by atoms with Gasteiger partial charge in [-0.3, -0.25) is 0 Å². The highest BCUT2D eigenvalue weighted by Gasteiger charge is 2.72. The Labute approximate surface area is 493 Å². The van der Waals surface area contributed by atoms with Gasteiger partial charge in [0.1, 0.15) is 0 Å². The second-order valence-corrected chi connectivity index (χ2v) is 26.4. The predicted molar refractivity (Wildman–Crippen MR) is 338 cm³/mol. The largest absolute Gasteiger partial charge is 0.411 e. The minimum atomic E-state index is -5.73. The molecule has 0 saturated heterocycles. The standard InChI is InChI=1S/C76H78F6N2/c1-71(2,3)55-31-39-61(40-32-55)83(63-43-35-58(36-44-63)73(7,8)57-25-17-11-18-26-57)69-65-47-29-54(52-23-15-10-16-24-52)50-68(65)70(66-48-30-53(49-67(66)69)51-21-13-9-14-22-51)84(62-41-33-56(34-42-62)72(4,5)6)64-45-37-60(38-46-64)74(75(77,78)79,76(80,81)82)59-27-19-12-20-28-59/h11-12,17-20,25-52H,9-10,13-16,21-24H2,1-8H3. The molecule has 0 aliphatic heterocycles. The third-order valence-electron chi connectivity index (χ3n) is 18.6. The maximum absolute atomic E-state index is 15.7. The molecule has 0 radical (unpaired) electrons. The molecule has 0 amide bonds. The van der Waals surface area contributed by atoms with Gasteiger partial charge in [0.2, 0.25) is 5.41 Å². The van der Waals surface area contributed by atoms with Crippen molar-refractivity contribution < 1.29 is 26.3 Å². The Morgan fingerprint density at radius 1 is 0.310 bits per heavy atom. The Kier molecular flexibility index (Phi) is 15.7. The molecule has 0 atom stereocenters. The van der Waals surface area contributed by atoms with Crippen LogP contribution in [-0.2, 0) is 21.7 Å². The van der Waals surface area contributed by atoms with Gasteiger partial charge in [-0.25, -0.2) is 0 Å². The highest BCUT2D eigenvalue weighted by Crippen LogP contribution is 2.58. The highest BCUT2D eigenvalue weighted by atomic mass is 19.4. The summed E-state index contributed by atoms with van der Waals surface area (Å²) in [4.78, 5) is 4.50. The van der Waals surface area contributed by atoms with Crippen LogP contribution in [0.1, 0.15) is 176 Å². The van der Waals surface area contributed by atoms with Crippen molar-refractivity contribution in [2.24, 2.45) is 0 Å². The molecule has 2 aliphatic carbocycles. The van der Waals surface area contributed by atoms with Gasteiger partial charge in [0.15, 0.2) is 0 Å². The number of hydrogen-bond acceptors (Lipinski definition) is 2. The zero-order chi connectivity index (χ0) is 59.4. The molecule has 2 saturated carbocycles. The highest BCUT2D eigenvalue weighted by molar-refractivity contribution is 6.23. The van der Waals surface area contributed by atoms with Crippen molar-refractivity contribution >= 4 is 55.7 Å². The Hall–Kier alpha value is -7.32. The molecule has 2 fully saturated rings. The number of halogens is 6. The second-order valence-electron chi connectivity index (χ2n) is 26.4. The first-order chi connectivity index (χ1) is 40.0. The summed E-state index contributed by atoms with van der Waals surface area (Å²) in [7, 11) is 0. The van der Waals surface area contributed by atoms with E-state index in [0.29, 0.717) is 17.5 Å². The van der Waals surface area contributed by atoms with E-state index in [1.165, 1.54) is 71.0 Å². The zero-order valence-electron chi connectivity index (χ0n) is 49.9. The van der Waals surface area contributed by atoms with Crippen molar-refractivity contribution in [1.29, 1.82) is 0 Å². The quantitative estimate of drug-likeness (QED) is 0.0683. The zero-order valence-corrected chi connectivity index (χ0v) is 49.9.